The van der Waals surface area contributed by atoms with E-state index in [1.807, 2.05) is 6.07 Å². The third-order valence-corrected chi connectivity index (χ3v) is 5.39. The van der Waals surface area contributed by atoms with Gasteiger partial charge in [-0.15, -0.1) is 0 Å². The fourth-order valence-corrected chi connectivity index (χ4v) is 3.96. The molecular formula is C23H28N2O. The minimum Gasteiger partial charge on any atom is -0.468 e. The number of rotatable bonds is 3. The van der Waals surface area contributed by atoms with Crippen molar-refractivity contribution < 1.29 is 4.42 Å². The number of nitrogens with zero attached hydrogens (tertiary/aromatic N) is 2. The topological polar surface area (TPSA) is 21.3 Å². The molecule has 1 atom stereocenters. The molecule has 1 aliphatic rings. The summed E-state index contributed by atoms with van der Waals surface area (Å²) in [6, 6.07) is 17.9. The Morgan fingerprint density at radius 3 is 2.50 bits per heavy atom. The lowest BCUT2D eigenvalue weighted by Gasteiger charge is -2.30. The molecule has 1 aliphatic heterocycles. The van der Waals surface area contributed by atoms with Crippen LogP contribution < -0.4 is 0 Å². The van der Waals surface area contributed by atoms with Crippen LogP contribution in [0.25, 0.3) is 0 Å². The van der Waals surface area contributed by atoms with E-state index in [9.17, 15) is 0 Å². The minimum absolute atomic E-state index is 0.177. The Hall–Kier alpha value is -2.26. The molecule has 3 heteroatoms. The quantitative estimate of drug-likeness (QED) is 0.634. The first kappa shape index (κ1) is 17.2. The van der Waals surface area contributed by atoms with Crippen LogP contribution >= 0.6 is 0 Å². The molecule has 0 radical (unpaired) electrons. The van der Waals surface area contributed by atoms with Crippen molar-refractivity contribution in [2.75, 3.05) is 6.54 Å². The van der Waals surface area contributed by atoms with Crippen LogP contribution in [0.5, 0.6) is 0 Å². The maximum atomic E-state index is 5.65. The lowest BCUT2D eigenvalue weighted by Crippen LogP contribution is -2.29. The van der Waals surface area contributed by atoms with Crippen LogP contribution in [0.1, 0.15) is 55.8 Å². The Morgan fingerprint density at radius 2 is 1.81 bits per heavy atom. The van der Waals surface area contributed by atoms with Gasteiger partial charge in [-0.2, -0.15) is 0 Å². The van der Waals surface area contributed by atoms with Gasteiger partial charge >= 0.3 is 0 Å². The van der Waals surface area contributed by atoms with Crippen LogP contribution in [0, 0.1) is 0 Å². The summed E-state index contributed by atoms with van der Waals surface area (Å²) in [5.41, 5.74) is 4.28. The molecule has 3 aromatic rings. The molecule has 136 valence electrons. The van der Waals surface area contributed by atoms with Gasteiger partial charge in [0.25, 0.3) is 0 Å². The number of aromatic nitrogens is 1. The third-order valence-electron chi connectivity index (χ3n) is 5.39. The van der Waals surface area contributed by atoms with Gasteiger partial charge in [-0.05, 0) is 47.2 Å². The summed E-state index contributed by atoms with van der Waals surface area (Å²) in [5, 5.41) is 0. The van der Waals surface area contributed by atoms with Gasteiger partial charge in [0.2, 0.25) is 0 Å². The van der Waals surface area contributed by atoms with Crippen LogP contribution in [0.3, 0.4) is 0 Å². The second-order valence-corrected chi connectivity index (χ2v) is 8.30. The van der Waals surface area contributed by atoms with E-state index in [1.54, 1.807) is 6.26 Å². The number of fused-ring (bicyclic) bond motifs is 1. The zero-order chi connectivity index (χ0) is 18.1. The van der Waals surface area contributed by atoms with Crippen molar-refractivity contribution >= 4 is 0 Å². The maximum Gasteiger partial charge on any atom is 0.117 e. The predicted octanol–water partition coefficient (Wildman–Crippen LogP) is 5.37. The highest BCUT2D eigenvalue weighted by Gasteiger charge is 2.28. The van der Waals surface area contributed by atoms with Crippen molar-refractivity contribution in [2.45, 2.75) is 51.7 Å². The first-order valence-corrected chi connectivity index (χ1v) is 9.54. The molecule has 3 heterocycles. The van der Waals surface area contributed by atoms with E-state index in [4.69, 9.17) is 4.42 Å². The van der Waals surface area contributed by atoms with Gasteiger partial charge in [0.1, 0.15) is 5.76 Å². The molecule has 0 fully saturated rings. The lowest BCUT2D eigenvalue weighted by atomic mass is 9.86. The van der Waals surface area contributed by atoms with Gasteiger partial charge < -0.3 is 8.98 Å². The zero-order valence-corrected chi connectivity index (χ0v) is 16.0. The number of aryl methyl sites for hydroxylation is 1. The first-order valence-electron chi connectivity index (χ1n) is 9.54. The maximum absolute atomic E-state index is 5.65. The second-order valence-electron chi connectivity index (χ2n) is 8.30. The van der Waals surface area contributed by atoms with E-state index < -0.39 is 0 Å². The van der Waals surface area contributed by atoms with Gasteiger partial charge in [-0.1, -0.05) is 45.0 Å². The summed E-state index contributed by atoms with van der Waals surface area (Å²) < 4.78 is 8.05. The second kappa shape index (κ2) is 6.81. The van der Waals surface area contributed by atoms with Crippen molar-refractivity contribution in [3.63, 3.8) is 0 Å². The molecule has 0 amide bonds. The monoisotopic (exact) mass is 348 g/mol. The lowest BCUT2D eigenvalue weighted by molar-refractivity contribution is 0.203. The van der Waals surface area contributed by atoms with Crippen LogP contribution in [-0.4, -0.2) is 16.0 Å². The highest BCUT2D eigenvalue weighted by atomic mass is 16.3. The normalized spacial score (nSPS) is 18.5. The van der Waals surface area contributed by atoms with E-state index in [0.717, 1.165) is 31.8 Å². The van der Waals surface area contributed by atoms with E-state index >= 15 is 0 Å². The molecule has 3 nitrogen and oxygen atoms in total. The van der Waals surface area contributed by atoms with E-state index in [1.165, 1.54) is 16.8 Å². The summed E-state index contributed by atoms with van der Waals surface area (Å²) in [6.07, 6.45) is 5.13. The summed E-state index contributed by atoms with van der Waals surface area (Å²) >= 11 is 0. The number of hydrogen-bond acceptors (Lipinski definition) is 2. The first-order chi connectivity index (χ1) is 12.5. The molecule has 0 bridgehead atoms. The van der Waals surface area contributed by atoms with Crippen LogP contribution in [0.2, 0.25) is 0 Å². The molecule has 4 rings (SSSR count). The molecular weight excluding hydrogens is 320 g/mol. The van der Waals surface area contributed by atoms with E-state index in [2.05, 4.69) is 78.9 Å². The SMILES string of the molecule is CC(C)(C)c1ccc(C2c3cccn3CCCN2Cc2ccco2)cc1. The standard InChI is InChI=1S/C23H28N2O/c1-23(2,3)19-11-9-18(10-12-19)22-21-8-4-13-24(21)14-6-15-25(22)17-20-7-5-16-26-20/h4-5,7-13,16,22H,6,14-15,17H2,1-3H3. The van der Waals surface area contributed by atoms with Crippen molar-refractivity contribution in [1.29, 1.82) is 0 Å². The van der Waals surface area contributed by atoms with Gasteiger partial charge in [0, 0.05) is 25.0 Å². The summed E-state index contributed by atoms with van der Waals surface area (Å²) in [5.74, 6) is 1.03. The smallest absolute Gasteiger partial charge is 0.117 e. The van der Waals surface area contributed by atoms with E-state index in [-0.39, 0.29) is 11.5 Å². The Bertz CT molecular complexity index is 837. The fraction of sp³-hybridized carbons (Fsp3) is 0.391. The molecule has 26 heavy (non-hydrogen) atoms. The average molecular weight is 348 g/mol. The third kappa shape index (κ3) is 3.36. The summed E-state index contributed by atoms with van der Waals surface area (Å²) in [7, 11) is 0. The van der Waals surface area contributed by atoms with Crippen LogP contribution in [0.15, 0.2) is 65.4 Å². The zero-order valence-electron chi connectivity index (χ0n) is 16.0. The number of furan rings is 1. The minimum atomic E-state index is 0.177. The van der Waals surface area contributed by atoms with Crippen molar-refractivity contribution in [3.8, 4) is 0 Å². The van der Waals surface area contributed by atoms with Gasteiger partial charge in [0.15, 0.2) is 0 Å². The Labute approximate surface area is 156 Å². The van der Waals surface area contributed by atoms with E-state index in [0.29, 0.717) is 0 Å². The average Bonchev–Trinajstić information content (AvgIpc) is 3.24. The molecule has 0 aliphatic carbocycles. The predicted molar refractivity (Wildman–Crippen MR) is 105 cm³/mol. The number of benzene rings is 1. The molecule has 1 aromatic carbocycles. The van der Waals surface area contributed by atoms with Gasteiger partial charge in [0.05, 0.1) is 18.8 Å². The van der Waals surface area contributed by atoms with Crippen LogP contribution in [0.4, 0.5) is 0 Å². The Kier molecular flexibility index (Phi) is 4.49. The Morgan fingerprint density at radius 1 is 1.00 bits per heavy atom. The van der Waals surface area contributed by atoms with Crippen molar-refractivity contribution in [2.24, 2.45) is 0 Å². The van der Waals surface area contributed by atoms with Gasteiger partial charge in [-0.25, -0.2) is 0 Å². The van der Waals surface area contributed by atoms with Gasteiger partial charge in [-0.3, -0.25) is 4.90 Å². The highest BCUT2D eigenvalue weighted by molar-refractivity contribution is 5.34. The molecule has 1 unspecified atom stereocenters. The highest BCUT2D eigenvalue weighted by Crippen LogP contribution is 2.34. The molecule has 2 aromatic heterocycles. The van der Waals surface area contributed by atoms with Crippen molar-refractivity contribution in [3.05, 3.63) is 83.6 Å². The molecule has 0 saturated carbocycles. The summed E-state index contributed by atoms with van der Waals surface area (Å²) in [6.45, 7) is 9.78. The fourth-order valence-electron chi connectivity index (χ4n) is 3.96. The van der Waals surface area contributed by atoms with Crippen molar-refractivity contribution in [1.82, 2.24) is 9.47 Å². The van der Waals surface area contributed by atoms with Crippen LogP contribution in [-0.2, 0) is 18.5 Å². The summed E-state index contributed by atoms with van der Waals surface area (Å²) in [4.78, 5) is 2.55. The largest absolute Gasteiger partial charge is 0.468 e. The Balaban J connectivity index is 1.72. The molecule has 0 saturated heterocycles. The number of hydrogen-bond donors (Lipinski definition) is 0. The molecule has 0 spiro atoms. The molecule has 0 N–H and O–H groups in total.